The summed E-state index contributed by atoms with van der Waals surface area (Å²) in [6.07, 6.45) is 3.07. The van der Waals surface area contributed by atoms with Crippen LogP contribution in [0.25, 0.3) is 0 Å². The van der Waals surface area contributed by atoms with Gasteiger partial charge in [-0.25, -0.2) is 4.98 Å². The zero-order valence-corrected chi connectivity index (χ0v) is 7.85. The molecule has 0 amide bonds. The normalized spacial score (nSPS) is 28.4. The topological polar surface area (TPSA) is 39.9 Å². The van der Waals surface area contributed by atoms with E-state index in [0.29, 0.717) is 5.69 Å². The molecule has 0 bridgehead atoms. The average molecular weight is 185 g/mol. The Morgan fingerprint density at radius 2 is 2.21 bits per heavy atom. The Kier molecular flexibility index (Phi) is 1.51. The molecular weight excluding hydrogens is 174 g/mol. The van der Waals surface area contributed by atoms with Crippen molar-refractivity contribution in [3.05, 3.63) is 24.0 Å². The lowest BCUT2D eigenvalue weighted by molar-refractivity contribution is 0.815. The molecule has 2 heterocycles. The van der Waals surface area contributed by atoms with Gasteiger partial charge in [0.15, 0.2) is 5.69 Å². The highest BCUT2D eigenvalue weighted by Crippen LogP contribution is 2.46. The highest BCUT2D eigenvalue weighted by molar-refractivity contribution is 5.57. The predicted molar refractivity (Wildman–Crippen MR) is 52.8 cm³/mol. The van der Waals surface area contributed by atoms with Gasteiger partial charge < -0.3 is 4.90 Å². The third kappa shape index (κ3) is 1.07. The van der Waals surface area contributed by atoms with Gasteiger partial charge in [-0.2, -0.15) is 5.26 Å². The van der Waals surface area contributed by atoms with Gasteiger partial charge in [-0.05, 0) is 30.4 Å². The van der Waals surface area contributed by atoms with E-state index < -0.39 is 0 Å². The minimum Gasteiger partial charge on any atom is -0.369 e. The maximum Gasteiger partial charge on any atom is 0.163 e. The van der Waals surface area contributed by atoms with Crippen LogP contribution in [0.4, 0.5) is 5.69 Å². The maximum absolute atomic E-state index is 8.92. The fourth-order valence-corrected chi connectivity index (χ4v) is 2.33. The van der Waals surface area contributed by atoms with Gasteiger partial charge in [0.1, 0.15) is 6.07 Å². The molecule has 0 aromatic carbocycles. The number of anilines is 1. The highest BCUT2D eigenvalue weighted by Gasteiger charge is 2.45. The number of pyridine rings is 1. The number of hydrogen-bond acceptors (Lipinski definition) is 3. The second kappa shape index (κ2) is 2.71. The molecule has 2 atom stereocenters. The van der Waals surface area contributed by atoms with Crippen LogP contribution in [0, 0.1) is 23.2 Å². The lowest BCUT2D eigenvalue weighted by Gasteiger charge is -2.20. The number of fused-ring (bicyclic) bond motifs is 1. The quantitative estimate of drug-likeness (QED) is 0.664. The molecule has 0 radical (unpaired) electrons. The number of aromatic nitrogens is 1. The van der Waals surface area contributed by atoms with Gasteiger partial charge in [0, 0.05) is 19.3 Å². The van der Waals surface area contributed by atoms with Crippen molar-refractivity contribution < 1.29 is 0 Å². The molecule has 2 fully saturated rings. The molecule has 14 heavy (non-hydrogen) atoms. The summed E-state index contributed by atoms with van der Waals surface area (Å²) in [5.74, 6) is 1.78. The molecule has 2 unspecified atom stereocenters. The molecule has 1 saturated carbocycles. The van der Waals surface area contributed by atoms with Crippen LogP contribution >= 0.6 is 0 Å². The van der Waals surface area contributed by atoms with Gasteiger partial charge in [-0.3, -0.25) is 0 Å². The fraction of sp³-hybridized carbons (Fsp3) is 0.455. The van der Waals surface area contributed by atoms with Crippen LogP contribution in [-0.2, 0) is 0 Å². The Morgan fingerprint density at radius 3 is 2.93 bits per heavy atom. The standard InChI is InChI=1S/C11H11N3/c12-5-10-11(2-1-3-13-10)14-6-8-4-9(8)7-14/h1-3,8-9H,4,6-7H2. The number of hydrogen-bond donors (Lipinski definition) is 0. The summed E-state index contributed by atoms with van der Waals surface area (Å²) < 4.78 is 0. The molecule has 1 saturated heterocycles. The maximum atomic E-state index is 8.92. The van der Waals surface area contributed by atoms with E-state index in [-0.39, 0.29) is 0 Å². The minimum atomic E-state index is 0.564. The van der Waals surface area contributed by atoms with Crippen molar-refractivity contribution in [3.8, 4) is 6.07 Å². The molecule has 1 aromatic rings. The number of nitrogens with zero attached hydrogens (tertiary/aromatic N) is 3. The van der Waals surface area contributed by atoms with Gasteiger partial charge in [-0.1, -0.05) is 0 Å². The smallest absolute Gasteiger partial charge is 0.163 e. The lowest BCUT2D eigenvalue weighted by Crippen LogP contribution is -2.22. The number of nitriles is 1. The Bertz CT molecular complexity index is 397. The molecule has 3 rings (SSSR count). The average Bonchev–Trinajstić information content (AvgIpc) is 2.86. The molecule has 2 aliphatic rings. The van der Waals surface area contributed by atoms with Gasteiger partial charge in [-0.15, -0.1) is 0 Å². The van der Waals surface area contributed by atoms with E-state index in [9.17, 15) is 0 Å². The highest BCUT2D eigenvalue weighted by atomic mass is 15.2. The summed E-state index contributed by atoms with van der Waals surface area (Å²) in [5.41, 5.74) is 1.58. The van der Waals surface area contributed by atoms with Crippen molar-refractivity contribution in [2.24, 2.45) is 11.8 Å². The van der Waals surface area contributed by atoms with Crippen LogP contribution in [0.1, 0.15) is 12.1 Å². The van der Waals surface area contributed by atoms with Crippen molar-refractivity contribution >= 4 is 5.69 Å². The Labute approximate surface area is 83.0 Å². The second-order valence-corrected chi connectivity index (χ2v) is 4.14. The van der Waals surface area contributed by atoms with Gasteiger partial charge in [0.05, 0.1) is 5.69 Å². The molecule has 1 aromatic heterocycles. The molecule has 0 N–H and O–H groups in total. The third-order valence-corrected chi connectivity index (χ3v) is 3.21. The Hall–Kier alpha value is -1.56. The summed E-state index contributed by atoms with van der Waals surface area (Å²) in [4.78, 5) is 6.37. The first-order valence-electron chi connectivity index (χ1n) is 4.98. The molecular formula is C11H11N3. The van der Waals surface area contributed by atoms with Crippen LogP contribution < -0.4 is 4.90 Å². The van der Waals surface area contributed by atoms with E-state index in [1.807, 2.05) is 12.1 Å². The van der Waals surface area contributed by atoms with Gasteiger partial charge in [0.25, 0.3) is 0 Å². The van der Waals surface area contributed by atoms with Crippen molar-refractivity contribution in [1.82, 2.24) is 4.98 Å². The van der Waals surface area contributed by atoms with Crippen LogP contribution in [0.15, 0.2) is 18.3 Å². The van der Waals surface area contributed by atoms with Crippen LogP contribution in [-0.4, -0.2) is 18.1 Å². The molecule has 1 aliphatic heterocycles. The second-order valence-electron chi connectivity index (χ2n) is 4.14. The number of piperidine rings is 1. The van der Waals surface area contributed by atoms with Gasteiger partial charge >= 0.3 is 0 Å². The molecule has 3 nitrogen and oxygen atoms in total. The van der Waals surface area contributed by atoms with Crippen molar-refractivity contribution in [1.29, 1.82) is 5.26 Å². The summed E-state index contributed by atoms with van der Waals surface area (Å²) >= 11 is 0. The first-order chi connectivity index (χ1) is 6.88. The molecule has 3 heteroatoms. The Balaban J connectivity index is 1.92. The van der Waals surface area contributed by atoms with E-state index >= 15 is 0 Å². The van der Waals surface area contributed by atoms with E-state index in [1.165, 1.54) is 6.42 Å². The van der Waals surface area contributed by atoms with E-state index in [2.05, 4.69) is 16.0 Å². The zero-order chi connectivity index (χ0) is 9.54. The minimum absolute atomic E-state index is 0.564. The predicted octanol–water partition coefficient (Wildman–Crippen LogP) is 1.41. The number of rotatable bonds is 1. The third-order valence-electron chi connectivity index (χ3n) is 3.21. The summed E-state index contributed by atoms with van der Waals surface area (Å²) in [5, 5.41) is 8.92. The first kappa shape index (κ1) is 7.81. The molecule has 0 spiro atoms. The SMILES string of the molecule is N#Cc1ncccc1N1CC2CC2C1. The van der Waals surface area contributed by atoms with E-state index in [1.54, 1.807) is 6.20 Å². The summed E-state index contributed by atoms with van der Waals surface area (Å²) in [6, 6.07) is 6.05. The lowest BCUT2D eigenvalue weighted by atomic mass is 10.2. The van der Waals surface area contributed by atoms with Gasteiger partial charge in [0.2, 0.25) is 0 Å². The summed E-state index contributed by atoms with van der Waals surface area (Å²) in [7, 11) is 0. The summed E-state index contributed by atoms with van der Waals surface area (Å²) in [6.45, 7) is 2.23. The van der Waals surface area contributed by atoms with E-state index in [0.717, 1.165) is 30.6 Å². The largest absolute Gasteiger partial charge is 0.369 e. The van der Waals surface area contributed by atoms with Crippen molar-refractivity contribution in [3.63, 3.8) is 0 Å². The molecule has 1 aliphatic carbocycles. The van der Waals surface area contributed by atoms with Crippen LogP contribution in [0.2, 0.25) is 0 Å². The monoisotopic (exact) mass is 185 g/mol. The van der Waals surface area contributed by atoms with Crippen molar-refractivity contribution in [2.45, 2.75) is 6.42 Å². The first-order valence-corrected chi connectivity index (χ1v) is 4.98. The van der Waals surface area contributed by atoms with E-state index in [4.69, 9.17) is 5.26 Å². The van der Waals surface area contributed by atoms with Crippen molar-refractivity contribution in [2.75, 3.05) is 18.0 Å². The van der Waals surface area contributed by atoms with Crippen LogP contribution in [0.5, 0.6) is 0 Å². The molecule has 70 valence electrons. The fourth-order valence-electron chi connectivity index (χ4n) is 2.33. The van der Waals surface area contributed by atoms with Crippen LogP contribution in [0.3, 0.4) is 0 Å². The zero-order valence-electron chi connectivity index (χ0n) is 7.85. The Morgan fingerprint density at radius 1 is 1.43 bits per heavy atom.